The molecule has 174 valence electrons. The molecule has 1 fully saturated rings. The van der Waals surface area contributed by atoms with Gasteiger partial charge in [-0.25, -0.2) is 26.3 Å². The smallest absolute Gasteiger partial charge is 0.323 e. The van der Waals surface area contributed by atoms with Crippen molar-refractivity contribution >= 4 is 27.4 Å². The van der Waals surface area contributed by atoms with Crippen LogP contribution >= 0.6 is 0 Å². The largest absolute Gasteiger partial charge is 0.351 e. The molecule has 0 radical (unpaired) electrons. The Morgan fingerprint density at radius 1 is 1.12 bits per heavy atom. The summed E-state index contributed by atoms with van der Waals surface area (Å²) in [4.78, 5) is 15.2. The highest BCUT2D eigenvalue weighted by atomic mass is 32.2. The van der Waals surface area contributed by atoms with Crippen LogP contribution in [0.2, 0.25) is 0 Å². The zero-order valence-electron chi connectivity index (χ0n) is 18.2. The van der Waals surface area contributed by atoms with Gasteiger partial charge >= 0.3 is 6.03 Å². The maximum atomic E-state index is 14.6. The summed E-state index contributed by atoms with van der Waals surface area (Å²) in [7, 11) is -1.61. The van der Waals surface area contributed by atoms with Crippen molar-refractivity contribution in [3.05, 3.63) is 59.7 Å². The molecule has 1 saturated heterocycles. The van der Waals surface area contributed by atoms with E-state index in [9.17, 15) is 22.0 Å². The monoisotopic (exact) mass is 466 g/mol. The lowest BCUT2D eigenvalue weighted by atomic mass is 10.0. The Labute approximate surface area is 187 Å². The first kappa shape index (κ1) is 24.1. The summed E-state index contributed by atoms with van der Waals surface area (Å²) in [5.41, 5.74) is 6.53. The number of benzene rings is 2. The topological polar surface area (TPSA) is 87.0 Å². The number of urea groups is 1. The van der Waals surface area contributed by atoms with Crippen molar-refractivity contribution in [2.45, 2.75) is 32.4 Å². The number of anilines is 2. The van der Waals surface area contributed by atoms with E-state index in [0.29, 0.717) is 32.5 Å². The molecule has 0 unspecified atom stereocenters. The van der Waals surface area contributed by atoms with Crippen LogP contribution in [0.4, 0.5) is 25.0 Å². The molecule has 2 N–H and O–H groups in total. The van der Waals surface area contributed by atoms with E-state index >= 15 is 0 Å². The Balaban J connectivity index is 1.74. The number of likely N-dealkylation sites (tertiary alicyclic amines) is 1. The Hall–Kier alpha value is -2.56. The normalized spacial score (nSPS) is 15.8. The van der Waals surface area contributed by atoms with Gasteiger partial charge in [-0.2, -0.15) is 0 Å². The number of hydrogen-bond acceptors (Lipinski definition) is 4. The van der Waals surface area contributed by atoms with Gasteiger partial charge in [-0.05, 0) is 61.7 Å². The second-order valence-electron chi connectivity index (χ2n) is 7.86. The van der Waals surface area contributed by atoms with Gasteiger partial charge in [0.05, 0.1) is 17.1 Å². The number of amides is 2. The number of hydrogen-bond donors (Lipinski definition) is 1. The summed E-state index contributed by atoms with van der Waals surface area (Å²) in [5.74, 6) is -1.03. The van der Waals surface area contributed by atoms with Gasteiger partial charge in [-0.3, -0.25) is 9.80 Å². The SMILES string of the molecule is CCS(=O)(=O)N(C)C1CCN(Cc2ccc(F)c(N(C(N)=O)c3ccc(F)cc3)c2)CC1. The molecule has 0 aromatic heterocycles. The number of nitrogens with two attached hydrogens (primary N) is 1. The highest BCUT2D eigenvalue weighted by Crippen LogP contribution is 2.30. The van der Waals surface area contributed by atoms with Crippen molar-refractivity contribution < 1.29 is 22.0 Å². The molecule has 2 aromatic rings. The van der Waals surface area contributed by atoms with Gasteiger partial charge in [0, 0.05) is 32.7 Å². The zero-order valence-corrected chi connectivity index (χ0v) is 19.0. The molecule has 0 spiro atoms. The Bertz CT molecular complexity index is 1060. The Morgan fingerprint density at radius 3 is 2.31 bits per heavy atom. The van der Waals surface area contributed by atoms with Crippen molar-refractivity contribution in [3.8, 4) is 0 Å². The van der Waals surface area contributed by atoms with Crippen molar-refractivity contribution in [2.75, 3.05) is 30.8 Å². The van der Waals surface area contributed by atoms with E-state index in [4.69, 9.17) is 5.73 Å². The second-order valence-corrected chi connectivity index (χ2v) is 10.2. The van der Waals surface area contributed by atoms with Crippen molar-refractivity contribution in [1.82, 2.24) is 9.21 Å². The van der Waals surface area contributed by atoms with Crippen LogP contribution in [-0.4, -0.2) is 55.6 Å². The lowest BCUT2D eigenvalue weighted by Crippen LogP contribution is -2.45. The van der Waals surface area contributed by atoms with Crippen LogP contribution in [0.25, 0.3) is 0 Å². The summed E-state index contributed by atoms with van der Waals surface area (Å²) in [6, 6.07) is 8.62. The molecule has 2 amide bonds. The first-order valence-corrected chi connectivity index (χ1v) is 12.0. The molecule has 0 bridgehead atoms. The van der Waals surface area contributed by atoms with E-state index in [2.05, 4.69) is 4.90 Å². The number of nitrogens with zero attached hydrogens (tertiary/aromatic N) is 3. The molecule has 0 aliphatic carbocycles. The second kappa shape index (κ2) is 9.93. The first-order chi connectivity index (χ1) is 15.1. The van der Waals surface area contributed by atoms with E-state index < -0.39 is 27.7 Å². The van der Waals surface area contributed by atoms with E-state index in [1.54, 1.807) is 26.1 Å². The predicted octanol–water partition coefficient (Wildman–Crippen LogP) is 3.43. The van der Waals surface area contributed by atoms with Gasteiger partial charge in [-0.1, -0.05) is 6.07 Å². The number of halogens is 2. The van der Waals surface area contributed by atoms with Crippen LogP contribution in [0.5, 0.6) is 0 Å². The molecule has 10 heteroatoms. The number of carbonyl (C=O) groups is 1. The minimum atomic E-state index is -3.23. The minimum absolute atomic E-state index is 0.00901. The highest BCUT2D eigenvalue weighted by Gasteiger charge is 2.29. The molecule has 2 aromatic carbocycles. The molecule has 3 rings (SSSR count). The van der Waals surface area contributed by atoms with Crippen LogP contribution in [-0.2, 0) is 16.6 Å². The Kier molecular flexibility index (Phi) is 7.47. The molecule has 0 atom stereocenters. The van der Waals surface area contributed by atoms with Gasteiger partial charge < -0.3 is 5.73 Å². The number of sulfonamides is 1. The van der Waals surface area contributed by atoms with Gasteiger partial charge in [0.25, 0.3) is 0 Å². The fourth-order valence-corrected chi connectivity index (χ4v) is 5.01. The maximum Gasteiger partial charge on any atom is 0.323 e. The molecule has 1 aliphatic heterocycles. The molecule has 7 nitrogen and oxygen atoms in total. The number of rotatable bonds is 7. The Morgan fingerprint density at radius 2 is 1.75 bits per heavy atom. The van der Waals surface area contributed by atoms with E-state index in [1.165, 1.54) is 34.6 Å². The summed E-state index contributed by atoms with van der Waals surface area (Å²) in [6.45, 7) is 3.53. The van der Waals surface area contributed by atoms with Crippen LogP contribution in [0.3, 0.4) is 0 Å². The van der Waals surface area contributed by atoms with Crippen molar-refractivity contribution in [3.63, 3.8) is 0 Å². The summed E-state index contributed by atoms with van der Waals surface area (Å²) < 4.78 is 53.6. The highest BCUT2D eigenvalue weighted by molar-refractivity contribution is 7.89. The fraction of sp³-hybridized carbons (Fsp3) is 0.409. The predicted molar refractivity (Wildman–Crippen MR) is 120 cm³/mol. The number of carbonyl (C=O) groups excluding carboxylic acids is 1. The summed E-state index contributed by atoms with van der Waals surface area (Å²) >= 11 is 0. The third-order valence-electron chi connectivity index (χ3n) is 5.84. The lowest BCUT2D eigenvalue weighted by Gasteiger charge is -2.36. The minimum Gasteiger partial charge on any atom is -0.351 e. The molecule has 1 heterocycles. The van der Waals surface area contributed by atoms with Crippen LogP contribution in [0, 0.1) is 11.6 Å². The van der Waals surface area contributed by atoms with Crippen molar-refractivity contribution in [1.29, 1.82) is 0 Å². The molecular weight excluding hydrogens is 438 g/mol. The van der Waals surface area contributed by atoms with Crippen LogP contribution < -0.4 is 10.6 Å². The van der Waals surface area contributed by atoms with E-state index in [1.807, 2.05) is 0 Å². The first-order valence-electron chi connectivity index (χ1n) is 10.4. The molecule has 1 aliphatic rings. The molecule has 32 heavy (non-hydrogen) atoms. The van der Waals surface area contributed by atoms with Gasteiger partial charge in [-0.15, -0.1) is 0 Å². The van der Waals surface area contributed by atoms with Crippen molar-refractivity contribution in [2.24, 2.45) is 5.73 Å². The maximum absolute atomic E-state index is 14.6. The van der Waals surface area contributed by atoms with E-state index in [-0.39, 0.29) is 23.2 Å². The lowest BCUT2D eigenvalue weighted by molar-refractivity contribution is 0.164. The van der Waals surface area contributed by atoms with Gasteiger partial charge in [0.2, 0.25) is 10.0 Å². The summed E-state index contributed by atoms with van der Waals surface area (Å²) in [5, 5.41) is 0. The van der Waals surface area contributed by atoms with Crippen LogP contribution in [0.1, 0.15) is 25.3 Å². The standard InChI is InChI=1S/C22H28F2N4O3S/c1-3-32(30,31)26(2)18-10-12-27(13-11-18)15-16-4-9-20(24)21(14-16)28(22(25)29)19-7-5-17(23)6-8-19/h4-9,14,18H,3,10-13,15H2,1-2H3,(H2,25,29). The summed E-state index contributed by atoms with van der Waals surface area (Å²) in [6.07, 6.45) is 1.40. The third kappa shape index (κ3) is 5.43. The number of primary amides is 1. The quantitative estimate of drug-likeness (QED) is 0.677. The van der Waals surface area contributed by atoms with Crippen LogP contribution in [0.15, 0.2) is 42.5 Å². The number of piperidine rings is 1. The average Bonchev–Trinajstić information content (AvgIpc) is 2.77. The molecular formula is C22H28F2N4O3S. The average molecular weight is 467 g/mol. The van der Waals surface area contributed by atoms with E-state index in [0.717, 1.165) is 10.5 Å². The zero-order chi connectivity index (χ0) is 23.5. The fourth-order valence-electron chi connectivity index (χ4n) is 3.93. The van der Waals surface area contributed by atoms with Gasteiger partial charge in [0.15, 0.2) is 0 Å². The third-order valence-corrected chi connectivity index (χ3v) is 7.74. The van der Waals surface area contributed by atoms with Gasteiger partial charge in [0.1, 0.15) is 11.6 Å². The molecule has 0 saturated carbocycles.